The van der Waals surface area contributed by atoms with Crippen LogP contribution in [0.3, 0.4) is 0 Å². The smallest absolute Gasteiger partial charge is 0.359 e. The van der Waals surface area contributed by atoms with Crippen LogP contribution in [-0.2, 0) is 16.0 Å². The van der Waals surface area contributed by atoms with E-state index in [1.807, 2.05) is 30.3 Å². The highest BCUT2D eigenvalue weighted by molar-refractivity contribution is 7.16. The molecule has 0 atom stereocenters. The number of hydrogen-bond donors (Lipinski definition) is 1. The lowest BCUT2D eigenvalue weighted by Crippen LogP contribution is -2.25. The second kappa shape index (κ2) is 10.3. The molecule has 2 heterocycles. The first-order chi connectivity index (χ1) is 16.5. The number of aromatic nitrogens is 2. The molecule has 0 aliphatic heterocycles. The molecule has 1 N–H and O–H groups in total. The number of nitrogens with one attached hydrogen (secondary N) is 1. The highest BCUT2D eigenvalue weighted by Crippen LogP contribution is 2.31. The van der Waals surface area contributed by atoms with E-state index in [0.717, 1.165) is 10.2 Å². The van der Waals surface area contributed by atoms with Gasteiger partial charge in [-0.15, -0.1) is 11.3 Å². The topological polar surface area (TPSA) is 99.5 Å². The van der Waals surface area contributed by atoms with Gasteiger partial charge in [0, 0.05) is 23.3 Å². The third-order valence-corrected chi connectivity index (χ3v) is 6.05. The first-order valence-corrected chi connectivity index (χ1v) is 11.6. The Morgan fingerprint density at radius 1 is 1.12 bits per heavy atom. The van der Waals surface area contributed by atoms with Gasteiger partial charge in [-0.1, -0.05) is 36.4 Å². The fourth-order valence-corrected chi connectivity index (χ4v) is 4.45. The highest BCUT2D eigenvalue weighted by Gasteiger charge is 2.23. The predicted molar refractivity (Wildman–Crippen MR) is 131 cm³/mol. The number of rotatable bonds is 8. The van der Waals surface area contributed by atoms with E-state index >= 15 is 0 Å². The lowest BCUT2D eigenvalue weighted by molar-refractivity contribution is -0.116. The number of thiophene rings is 1. The molecule has 0 aliphatic rings. The lowest BCUT2D eigenvalue weighted by atomic mass is 10.1. The van der Waals surface area contributed by atoms with Gasteiger partial charge in [0.1, 0.15) is 10.8 Å². The van der Waals surface area contributed by atoms with Crippen molar-refractivity contribution in [3.05, 3.63) is 81.6 Å². The Labute approximate surface area is 199 Å². The molecular formula is C25H23N3O5S. The Morgan fingerprint density at radius 3 is 2.65 bits per heavy atom. The van der Waals surface area contributed by atoms with E-state index in [9.17, 15) is 14.4 Å². The van der Waals surface area contributed by atoms with Gasteiger partial charge in [0.05, 0.1) is 24.8 Å². The van der Waals surface area contributed by atoms with Crippen molar-refractivity contribution in [1.29, 1.82) is 0 Å². The zero-order valence-corrected chi connectivity index (χ0v) is 19.6. The number of benzene rings is 2. The van der Waals surface area contributed by atoms with Crippen molar-refractivity contribution in [3.63, 3.8) is 0 Å². The van der Waals surface area contributed by atoms with Crippen LogP contribution in [0.15, 0.2) is 64.8 Å². The number of amides is 1. The molecule has 0 bridgehead atoms. The van der Waals surface area contributed by atoms with Crippen molar-refractivity contribution in [2.75, 3.05) is 19.0 Å². The van der Waals surface area contributed by atoms with Crippen molar-refractivity contribution in [2.24, 2.45) is 0 Å². The summed E-state index contributed by atoms with van der Waals surface area (Å²) in [7, 11) is 1.52. The van der Waals surface area contributed by atoms with Crippen LogP contribution in [0.25, 0.3) is 16.5 Å². The fraction of sp³-hybridized carbons (Fsp3) is 0.200. The number of hydrogen-bond acceptors (Lipinski definition) is 7. The molecule has 0 fully saturated rings. The molecular weight excluding hydrogens is 454 g/mol. The Kier molecular flexibility index (Phi) is 7.03. The number of carbonyl (C=O) groups is 2. The summed E-state index contributed by atoms with van der Waals surface area (Å²) in [6, 6.07) is 16.5. The Bertz CT molecular complexity index is 1390. The second-order valence-corrected chi connectivity index (χ2v) is 8.25. The van der Waals surface area contributed by atoms with Crippen LogP contribution in [0, 0.1) is 0 Å². The summed E-state index contributed by atoms with van der Waals surface area (Å²) in [5.74, 6) is -0.345. The van der Waals surface area contributed by atoms with Crippen LogP contribution >= 0.6 is 11.3 Å². The van der Waals surface area contributed by atoms with Crippen LogP contribution in [0.1, 0.15) is 29.4 Å². The van der Waals surface area contributed by atoms with Crippen molar-refractivity contribution in [2.45, 2.75) is 19.8 Å². The molecule has 0 aliphatic carbocycles. The largest absolute Gasteiger partial charge is 0.497 e. The minimum Gasteiger partial charge on any atom is -0.497 e. The predicted octanol–water partition coefficient (Wildman–Crippen LogP) is 4.20. The number of aryl methyl sites for hydroxylation is 1. The van der Waals surface area contributed by atoms with Gasteiger partial charge >= 0.3 is 5.97 Å². The summed E-state index contributed by atoms with van der Waals surface area (Å²) in [6.07, 6.45) is 0.822. The van der Waals surface area contributed by atoms with Crippen LogP contribution in [-0.4, -0.2) is 35.4 Å². The van der Waals surface area contributed by atoms with Crippen LogP contribution in [0.5, 0.6) is 5.75 Å². The number of methoxy groups -OCH3 is 1. The van der Waals surface area contributed by atoms with E-state index < -0.39 is 11.5 Å². The molecule has 0 unspecified atom stereocenters. The van der Waals surface area contributed by atoms with Crippen LogP contribution in [0.4, 0.5) is 5.00 Å². The first-order valence-electron chi connectivity index (χ1n) is 10.7. The molecule has 8 nitrogen and oxygen atoms in total. The molecule has 174 valence electrons. The zero-order chi connectivity index (χ0) is 24.1. The van der Waals surface area contributed by atoms with E-state index in [-0.39, 0.29) is 30.0 Å². The first kappa shape index (κ1) is 23.2. The van der Waals surface area contributed by atoms with Crippen molar-refractivity contribution >= 4 is 39.0 Å². The molecule has 0 saturated heterocycles. The quantitative estimate of drug-likeness (QED) is 0.382. The minimum absolute atomic E-state index is 0.000282. The van der Waals surface area contributed by atoms with Gasteiger partial charge in [-0.25, -0.2) is 4.79 Å². The molecule has 2 aromatic carbocycles. The van der Waals surface area contributed by atoms with E-state index in [1.54, 1.807) is 36.6 Å². The average Bonchev–Trinajstić information content (AvgIpc) is 3.27. The molecule has 9 heteroatoms. The average molecular weight is 478 g/mol. The lowest BCUT2D eigenvalue weighted by Gasteiger charge is -2.11. The van der Waals surface area contributed by atoms with Gasteiger partial charge in [-0.05, 0) is 31.0 Å². The number of nitrogens with zero attached hydrogens (tertiary/aromatic N) is 2. The molecule has 0 radical (unpaired) electrons. The summed E-state index contributed by atoms with van der Waals surface area (Å²) in [5, 5.41) is 9.69. The Balaban J connectivity index is 1.75. The van der Waals surface area contributed by atoms with Crippen LogP contribution in [0.2, 0.25) is 0 Å². The van der Waals surface area contributed by atoms with E-state index in [4.69, 9.17) is 9.47 Å². The number of esters is 1. The van der Waals surface area contributed by atoms with E-state index in [0.29, 0.717) is 28.2 Å². The molecule has 4 rings (SSSR count). The standard InChI is InChI=1S/C25H23N3O5S/c1-3-33-25(31)22-19-15-34-23(26-20(29)13-12-16-8-5-4-6-9-16)21(19)24(30)28(27-22)17-10-7-11-18(14-17)32-2/h4-11,14-15H,3,12-13H2,1-2H3,(H,26,29). The number of fused-ring (bicyclic) bond motifs is 1. The maximum atomic E-state index is 13.5. The number of ether oxygens (including phenoxy) is 2. The third kappa shape index (κ3) is 4.84. The monoisotopic (exact) mass is 477 g/mol. The third-order valence-electron chi connectivity index (χ3n) is 5.16. The Hall–Kier alpha value is -3.98. The normalized spacial score (nSPS) is 10.8. The fourth-order valence-electron chi connectivity index (χ4n) is 3.50. The van der Waals surface area contributed by atoms with Gasteiger partial charge in [0.2, 0.25) is 5.91 Å². The summed E-state index contributed by atoms with van der Waals surface area (Å²) < 4.78 is 11.5. The molecule has 1 amide bonds. The van der Waals surface area contributed by atoms with Gasteiger partial charge < -0.3 is 14.8 Å². The molecule has 0 spiro atoms. The molecule has 34 heavy (non-hydrogen) atoms. The van der Waals surface area contributed by atoms with Crippen molar-refractivity contribution < 1.29 is 19.1 Å². The second-order valence-electron chi connectivity index (χ2n) is 7.37. The summed E-state index contributed by atoms with van der Waals surface area (Å²) in [4.78, 5) is 38.8. The van der Waals surface area contributed by atoms with Gasteiger partial charge in [0.15, 0.2) is 5.69 Å². The zero-order valence-electron chi connectivity index (χ0n) is 18.7. The number of anilines is 1. The van der Waals surface area contributed by atoms with Crippen molar-refractivity contribution in [3.8, 4) is 11.4 Å². The minimum atomic E-state index is -0.649. The van der Waals surface area contributed by atoms with E-state index in [2.05, 4.69) is 10.4 Å². The van der Waals surface area contributed by atoms with Crippen LogP contribution < -0.4 is 15.6 Å². The Morgan fingerprint density at radius 2 is 1.91 bits per heavy atom. The van der Waals surface area contributed by atoms with Gasteiger partial charge in [-0.2, -0.15) is 9.78 Å². The van der Waals surface area contributed by atoms with Gasteiger partial charge in [-0.3, -0.25) is 9.59 Å². The van der Waals surface area contributed by atoms with Crippen molar-refractivity contribution in [1.82, 2.24) is 9.78 Å². The van der Waals surface area contributed by atoms with Gasteiger partial charge in [0.25, 0.3) is 5.56 Å². The maximum Gasteiger partial charge on any atom is 0.359 e. The summed E-state index contributed by atoms with van der Waals surface area (Å²) in [6.45, 7) is 1.85. The number of carbonyl (C=O) groups excluding carboxylic acids is 2. The summed E-state index contributed by atoms with van der Waals surface area (Å²) in [5.41, 5.74) is 1.00. The molecule has 4 aromatic rings. The van der Waals surface area contributed by atoms with E-state index in [1.165, 1.54) is 18.4 Å². The molecule has 2 aromatic heterocycles. The highest BCUT2D eigenvalue weighted by atomic mass is 32.1. The SMILES string of the molecule is CCOC(=O)c1nn(-c2cccc(OC)c2)c(=O)c2c(NC(=O)CCc3ccccc3)scc12. The maximum absolute atomic E-state index is 13.5. The summed E-state index contributed by atoms with van der Waals surface area (Å²) >= 11 is 1.17. The molecule has 0 saturated carbocycles.